The summed E-state index contributed by atoms with van der Waals surface area (Å²) in [6.45, 7) is 3.72. The maximum Gasteiger partial charge on any atom is 0.251 e. The summed E-state index contributed by atoms with van der Waals surface area (Å²) in [5, 5.41) is 3.05. The molecule has 6 nitrogen and oxygen atoms in total. The van der Waals surface area contributed by atoms with Crippen LogP contribution in [0.25, 0.3) is 0 Å². The Labute approximate surface area is 160 Å². The molecule has 0 bridgehead atoms. The highest BCUT2D eigenvalue weighted by Gasteiger charge is 2.40. The first-order valence-corrected chi connectivity index (χ1v) is 10.2. The number of carbonyl (C=O) groups is 1. The van der Waals surface area contributed by atoms with E-state index in [1.807, 2.05) is 6.07 Å². The number of ether oxygens (including phenoxy) is 2. The van der Waals surface area contributed by atoms with Crippen molar-refractivity contribution in [2.75, 3.05) is 37.7 Å². The van der Waals surface area contributed by atoms with Crippen LogP contribution in [-0.2, 0) is 9.47 Å². The molecule has 1 spiro atoms. The molecule has 2 fully saturated rings. The minimum Gasteiger partial charge on any atom is -0.356 e. The van der Waals surface area contributed by atoms with Gasteiger partial charge in [-0.25, -0.2) is 4.98 Å². The van der Waals surface area contributed by atoms with Crippen LogP contribution in [0.5, 0.6) is 0 Å². The average Bonchev–Trinajstić information content (AvgIpc) is 3.17. The molecule has 27 heavy (non-hydrogen) atoms. The Kier molecular flexibility index (Phi) is 5.74. The van der Waals surface area contributed by atoms with E-state index in [1.54, 1.807) is 12.3 Å². The molecule has 0 unspecified atom stereocenters. The summed E-state index contributed by atoms with van der Waals surface area (Å²) in [7, 11) is 0. The van der Waals surface area contributed by atoms with Crippen LogP contribution in [0.2, 0.25) is 0 Å². The van der Waals surface area contributed by atoms with Gasteiger partial charge in [-0.3, -0.25) is 4.79 Å². The van der Waals surface area contributed by atoms with Gasteiger partial charge >= 0.3 is 0 Å². The molecule has 0 atom stereocenters. The van der Waals surface area contributed by atoms with Crippen LogP contribution in [-0.4, -0.2) is 49.5 Å². The van der Waals surface area contributed by atoms with E-state index in [-0.39, 0.29) is 11.7 Å². The molecule has 1 aromatic rings. The van der Waals surface area contributed by atoms with Crippen molar-refractivity contribution in [2.45, 2.75) is 50.7 Å². The molecule has 3 aliphatic rings. The zero-order chi connectivity index (χ0) is 18.5. The number of nitrogens with one attached hydrogen (secondary N) is 1. The SMILES string of the molecule is O=C(NCCC1=CCCCC1)c1ccnc(N2CCC3(CC2)OCCO3)c1. The molecule has 1 N–H and O–H groups in total. The Morgan fingerprint density at radius 2 is 2.04 bits per heavy atom. The summed E-state index contributed by atoms with van der Waals surface area (Å²) >= 11 is 0. The number of aromatic nitrogens is 1. The highest BCUT2D eigenvalue weighted by atomic mass is 16.7. The highest BCUT2D eigenvalue weighted by molar-refractivity contribution is 5.94. The van der Waals surface area contributed by atoms with Gasteiger partial charge in [0, 0.05) is 44.2 Å². The van der Waals surface area contributed by atoms with Gasteiger partial charge in [0.05, 0.1) is 13.2 Å². The van der Waals surface area contributed by atoms with Gasteiger partial charge < -0.3 is 19.7 Å². The Morgan fingerprint density at radius 3 is 2.78 bits per heavy atom. The van der Waals surface area contributed by atoms with Crippen molar-refractivity contribution in [3.63, 3.8) is 0 Å². The molecule has 146 valence electrons. The van der Waals surface area contributed by atoms with Crippen LogP contribution in [0.15, 0.2) is 30.0 Å². The van der Waals surface area contributed by atoms with Gasteiger partial charge in [-0.05, 0) is 44.2 Å². The topological polar surface area (TPSA) is 63.7 Å². The number of amides is 1. The Balaban J connectivity index is 1.30. The number of pyridine rings is 1. The number of carbonyl (C=O) groups excluding carboxylic acids is 1. The maximum atomic E-state index is 12.5. The molecule has 1 amide bonds. The molecule has 0 aromatic carbocycles. The lowest BCUT2D eigenvalue weighted by Crippen LogP contribution is -2.45. The number of rotatable bonds is 5. The first-order valence-electron chi connectivity index (χ1n) is 10.2. The predicted molar refractivity (Wildman–Crippen MR) is 104 cm³/mol. The van der Waals surface area contributed by atoms with E-state index < -0.39 is 0 Å². The first-order chi connectivity index (χ1) is 13.2. The van der Waals surface area contributed by atoms with Crippen molar-refractivity contribution in [1.29, 1.82) is 0 Å². The minimum absolute atomic E-state index is 0.0222. The van der Waals surface area contributed by atoms with Crippen LogP contribution in [0.3, 0.4) is 0 Å². The van der Waals surface area contributed by atoms with Crippen LogP contribution in [0.4, 0.5) is 5.82 Å². The van der Waals surface area contributed by atoms with E-state index in [9.17, 15) is 4.79 Å². The van der Waals surface area contributed by atoms with Gasteiger partial charge in [-0.1, -0.05) is 11.6 Å². The van der Waals surface area contributed by atoms with E-state index in [1.165, 1.54) is 31.3 Å². The summed E-state index contributed by atoms with van der Waals surface area (Å²) in [5.74, 6) is 0.440. The fourth-order valence-corrected chi connectivity index (χ4v) is 4.17. The lowest BCUT2D eigenvalue weighted by atomic mass is 9.97. The molecule has 0 saturated carbocycles. The van der Waals surface area contributed by atoms with E-state index in [0.717, 1.165) is 38.2 Å². The van der Waals surface area contributed by atoms with Gasteiger partial charge in [-0.15, -0.1) is 0 Å². The number of allylic oxidation sites excluding steroid dienone is 1. The number of nitrogens with zero attached hydrogens (tertiary/aromatic N) is 2. The fourth-order valence-electron chi connectivity index (χ4n) is 4.17. The van der Waals surface area contributed by atoms with Crippen LogP contribution in [0, 0.1) is 0 Å². The summed E-state index contributed by atoms with van der Waals surface area (Å²) in [4.78, 5) is 19.2. The molecule has 2 saturated heterocycles. The zero-order valence-electron chi connectivity index (χ0n) is 15.9. The van der Waals surface area contributed by atoms with E-state index >= 15 is 0 Å². The van der Waals surface area contributed by atoms with Crippen molar-refractivity contribution in [3.05, 3.63) is 35.5 Å². The third-order valence-electron chi connectivity index (χ3n) is 5.79. The van der Waals surface area contributed by atoms with Crippen LogP contribution in [0.1, 0.15) is 55.3 Å². The van der Waals surface area contributed by atoms with Crippen molar-refractivity contribution in [2.24, 2.45) is 0 Å². The number of anilines is 1. The van der Waals surface area contributed by atoms with Gasteiger partial charge in [0.1, 0.15) is 5.82 Å². The smallest absolute Gasteiger partial charge is 0.251 e. The molecule has 6 heteroatoms. The van der Waals surface area contributed by atoms with Crippen molar-refractivity contribution in [1.82, 2.24) is 10.3 Å². The maximum absolute atomic E-state index is 12.5. The normalized spacial score (nSPS) is 21.9. The van der Waals surface area contributed by atoms with E-state index in [2.05, 4.69) is 21.3 Å². The monoisotopic (exact) mass is 371 g/mol. The average molecular weight is 371 g/mol. The van der Waals surface area contributed by atoms with E-state index in [0.29, 0.717) is 25.3 Å². The molecule has 1 aromatic heterocycles. The summed E-state index contributed by atoms with van der Waals surface area (Å²) in [6.07, 6.45) is 11.6. The summed E-state index contributed by atoms with van der Waals surface area (Å²) < 4.78 is 11.6. The standard InChI is InChI=1S/C21H29N3O3/c25-20(23-10-6-17-4-2-1-3-5-17)18-7-11-22-19(16-18)24-12-8-21(9-13-24)26-14-15-27-21/h4,7,11,16H,1-3,5-6,8-10,12-15H2,(H,23,25). The third kappa shape index (κ3) is 4.50. The van der Waals surface area contributed by atoms with Crippen LogP contribution >= 0.6 is 0 Å². The second-order valence-electron chi connectivity index (χ2n) is 7.61. The minimum atomic E-state index is -0.390. The lowest BCUT2D eigenvalue weighted by Gasteiger charge is -2.38. The van der Waals surface area contributed by atoms with E-state index in [4.69, 9.17) is 9.47 Å². The van der Waals surface area contributed by atoms with Crippen molar-refractivity contribution < 1.29 is 14.3 Å². The number of hydrogen-bond acceptors (Lipinski definition) is 5. The highest BCUT2D eigenvalue weighted by Crippen LogP contribution is 2.32. The molecule has 1 aliphatic carbocycles. The van der Waals surface area contributed by atoms with Gasteiger partial charge in [-0.2, -0.15) is 0 Å². The molecule has 0 radical (unpaired) electrons. The number of hydrogen-bond donors (Lipinski definition) is 1. The largest absolute Gasteiger partial charge is 0.356 e. The van der Waals surface area contributed by atoms with Gasteiger partial charge in [0.15, 0.2) is 5.79 Å². The predicted octanol–water partition coefficient (Wildman–Crippen LogP) is 3.05. The second kappa shape index (κ2) is 8.40. The molecule has 2 aliphatic heterocycles. The fraction of sp³-hybridized carbons (Fsp3) is 0.619. The Bertz CT molecular complexity index is 688. The lowest BCUT2D eigenvalue weighted by molar-refractivity contribution is -0.169. The molecular formula is C21H29N3O3. The quantitative estimate of drug-likeness (QED) is 0.806. The zero-order valence-corrected chi connectivity index (χ0v) is 15.9. The summed E-state index contributed by atoms with van der Waals surface area (Å²) in [5.41, 5.74) is 2.15. The first kappa shape index (κ1) is 18.4. The Morgan fingerprint density at radius 1 is 1.22 bits per heavy atom. The second-order valence-corrected chi connectivity index (χ2v) is 7.61. The summed E-state index contributed by atoms with van der Waals surface area (Å²) in [6, 6.07) is 3.68. The van der Waals surface area contributed by atoms with Crippen LogP contribution < -0.4 is 10.2 Å². The molecular weight excluding hydrogens is 342 g/mol. The van der Waals surface area contributed by atoms with Crippen molar-refractivity contribution in [3.8, 4) is 0 Å². The Hall–Kier alpha value is -1.92. The molecule has 3 heterocycles. The molecule has 4 rings (SSSR count). The van der Waals surface area contributed by atoms with Gasteiger partial charge in [0.25, 0.3) is 5.91 Å². The number of piperidine rings is 1. The third-order valence-corrected chi connectivity index (χ3v) is 5.79. The van der Waals surface area contributed by atoms with Crippen molar-refractivity contribution >= 4 is 11.7 Å². The van der Waals surface area contributed by atoms with Gasteiger partial charge in [0.2, 0.25) is 0 Å².